The number of benzene rings is 1. The van der Waals surface area contributed by atoms with Crippen LogP contribution in [-0.2, 0) is 20.8 Å². The molecular weight excluding hydrogens is 381 g/mol. The van der Waals surface area contributed by atoms with E-state index in [2.05, 4.69) is 5.32 Å². The van der Waals surface area contributed by atoms with Crippen LogP contribution in [0.3, 0.4) is 0 Å². The van der Waals surface area contributed by atoms with Crippen LogP contribution in [0, 0.1) is 0 Å². The number of carbonyl (C=O) groups is 4. The minimum Gasteiger partial charge on any atom is -0.354 e. The lowest BCUT2D eigenvalue weighted by Crippen LogP contribution is -2.42. The molecule has 0 unspecified atom stereocenters. The van der Waals surface area contributed by atoms with E-state index >= 15 is 0 Å². The highest BCUT2D eigenvalue weighted by Gasteiger charge is 2.44. The van der Waals surface area contributed by atoms with E-state index < -0.39 is 30.3 Å². The van der Waals surface area contributed by atoms with E-state index in [1.165, 1.54) is 0 Å². The predicted molar refractivity (Wildman–Crippen MR) is 96.9 cm³/mol. The molecule has 1 heterocycles. The van der Waals surface area contributed by atoms with Gasteiger partial charge in [-0.05, 0) is 30.5 Å². The van der Waals surface area contributed by atoms with Gasteiger partial charge >= 0.3 is 17.8 Å². The molecule has 0 bridgehead atoms. The standard InChI is InChI=1S/C17H19Cl2N3O4/c1-2-3-8-21-15(24)16(25)22(17(21)26)10-14(23)20-7-6-11-4-5-12(18)9-13(11)19/h4-5,9H,2-3,6-8,10H2,1H3,(H,20,23). The fourth-order valence-corrected chi connectivity index (χ4v) is 2.97. The van der Waals surface area contributed by atoms with Crippen molar-refractivity contribution < 1.29 is 19.2 Å². The number of imide groups is 2. The zero-order valence-corrected chi connectivity index (χ0v) is 15.8. The monoisotopic (exact) mass is 399 g/mol. The molecule has 5 amide bonds. The minimum atomic E-state index is -0.970. The van der Waals surface area contributed by atoms with Gasteiger partial charge in [-0.2, -0.15) is 0 Å². The maximum Gasteiger partial charge on any atom is 0.334 e. The van der Waals surface area contributed by atoms with Gasteiger partial charge in [0.1, 0.15) is 6.54 Å². The minimum absolute atomic E-state index is 0.174. The highest BCUT2D eigenvalue weighted by molar-refractivity contribution is 6.45. The summed E-state index contributed by atoms with van der Waals surface area (Å²) in [5.41, 5.74) is 0.811. The Hall–Kier alpha value is -2.12. The molecule has 140 valence electrons. The molecule has 7 nitrogen and oxygen atoms in total. The van der Waals surface area contributed by atoms with Crippen molar-refractivity contribution in [3.63, 3.8) is 0 Å². The Morgan fingerprint density at radius 1 is 1.12 bits per heavy atom. The van der Waals surface area contributed by atoms with Crippen molar-refractivity contribution in [1.82, 2.24) is 15.1 Å². The van der Waals surface area contributed by atoms with E-state index in [-0.39, 0.29) is 13.1 Å². The third-order valence-corrected chi connectivity index (χ3v) is 4.49. The van der Waals surface area contributed by atoms with Crippen LogP contribution in [0.1, 0.15) is 25.3 Å². The fraction of sp³-hybridized carbons (Fsp3) is 0.412. The van der Waals surface area contributed by atoms with Gasteiger partial charge in [0.15, 0.2) is 0 Å². The first kappa shape index (κ1) is 20.2. The largest absolute Gasteiger partial charge is 0.354 e. The second-order valence-corrected chi connectivity index (χ2v) is 6.66. The summed E-state index contributed by atoms with van der Waals surface area (Å²) in [5, 5.41) is 3.62. The third-order valence-electron chi connectivity index (χ3n) is 3.90. The molecule has 0 saturated carbocycles. The lowest BCUT2D eigenvalue weighted by atomic mass is 10.1. The molecule has 0 aliphatic carbocycles. The Morgan fingerprint density at radius 3 is 2.46 bits per heavy atom. The zero-order chi connectivity index (χ0) is 19.3. The third kappa shape index (κ3) is 4.74. The fourth-order valence-electron chi connectivity index (χ4n) is 2.46. The van der Waals surface area contributed by atoms with Crippen molar-refractivity contribution in [2.24, 2.45) is 0 Å². The van der Waals surface area contributed by atoms with Crippen molar-refractivity contribution in [2.45, 2.75) is 26.2 Å². The van der Waals surface area contributed by atoms with Gasteiger partial charge in [0.25, 0.3) is 0 Å². The Balaban J connectivity index is 1.86. The molecular formula is C17H19Cl2N3O4. The maximum atomic E-state index is 12.1. The first-order valence-electron chi connectivity index (χ1n) is 8.23. The summed E-state index contributed by atoms with van der Waals surface area (Å²) in [4.78, 5) is 49.4. The van der Waals surface area contributed by atoms with Crippen molar-refractivity contribution in [3.8, 4) is 0 Å². The van der Waals surface area contributed by atoms with Gasteiger partial charge in [0, 0.05) is 23.1 Å². The average molecular weight is 400 g/mol. The molecule has 1 aromatic carbocycles. The number of carbonyl (C=O) groups excluding carboxylic acids is 4. The topological polar surface area (TPSA) is 86.8 Å². The highest BCUT2D eigenvalue weighted by Crippen LogP contribution is 2.21. The molecule has 0 spiro atoms. The molecule has 1 N–H and O–H groups in total. The van der Waals surface area contributed by atoms with Gasteiger partial charge in [0.2, 0.25) is 5.91 Å². The van der Waals surface area contributed by atoms with Gasteiger partial charge in [-0.1, -0.05) is 42.6 Å². The van der Waals surface area contributed by atoms with Crippen molar-refractivity contribution in [1.29, 1.82) is 0 Å². The van der Waals surface area contributed by atoms with Crippen molar-refractivity contribution >= 4 is 47.0 Å². The lowest BCUT2D eigenvalue weighted by molar-refractivity contribution is -0.144. The summed E-state index contributed by atoms with van der Waals surface area (Å²) in [6.45, 7) is 1.86. The molecule has 1 aliphatic heterocycles. The molecule has 26 heavy (non-hydrogen) atoms. The molecule has 1 aliphatic rings. The molecule has 1 aromatic rings. The van der Waals surface area contributed by atoms with Crippen LogP contribution in [-0.4, -0.2) is 53.2 Å². The molecule has 0 atom stereocenters. The Kier molecular flexibility index (Phi) is 6.99. The highest BCUT2D eigenvalue weighted by atomic mass is 35.5. The number of hydrogen-bond donors (Lipinski definition) is 1. The summed E-state index contributed by atoms with van der Waals surface area (Å²) in [5.74, 6) is -2.38. The maximum absolute atomic E-state index is 12.1. The normalized spacial score (nSPS) is 14.3. The second-order valence-electron chi connectivity index (χ2n) is 5.82. The van der Waals surface area contributed by atoms with E-state index in [9.17, 15) is 19.2 Å². The quantitative estimate of drug-likeness (QED) is 0.536. The lowest BCUT2D eigenvalue weighted by Gasteiger charge is -2.15. The summed E-state index contributed by atoms with van der Waals surface area (Å²) in [7, 11) is 0. The van der Waals surface area contributed by atoms with Gasteiger partial charge in [0.05, 0.1) is 0 Å². The van der Waals surface area contributed by atoms with Crippen LogP contribution in [0.5, 0.6) is 0 Å². The number of urea groups is 1. The first-order valence-corrected chi connectivity index (χ1v) is 8.98. The Morgan fingerprint density at radius 2 is 1.81 bits per heavy atom. The van der Waals surface area contributed by atoms with Gasteiger partial charge in [-0.3, -0.25) is 19.3 Å². The van der Waals surface area contributed by atoms with Gasteiger partial charge in [-0.25, -0.2) is 9.69 Å². The van der Waals surface area contributed by atoms with E-state index in [4.69, 9.17) is 23.2 Å². The number of unbranched alkanes of at least 4 members (excludes halogenated alkanes) is 1. The molecule has 9 heteroatoms. The second kappa shape index (κ2) is 9.00. The van der Waals surface area contributed by atoms with E-state index in [1.807, 2.05) is 6.92 Å². The summed E-state index contributed by atoms with van der Waals surface area (Å²) >= 11 is 11.9. The summed E-state index contributed by atoms with van der Waals surface area (Å²) in [6, 6.07) is 4.32. The first-order chi connectivity index (χ1) is 12.3. The molecule has 2 rings (SSSR count). The number of nitrogens with zero attached hydrogens (tertiary/aromatic N) is 2. The predicted octanol–water partition coefficient (Wildman–Crippen LogP) is 2.24. The van der Waals surface area contributed by atoms with Crippen LogP contribution >= 0.6 is 23.2 Å². The molecule has 1 saturated heterocycles. The summed E-state index contributed by atoms with van der Waals surface area (Å²) < 4.78 is 0. The van der Waals surface area contributed by atoms with Crippen LogP contribution in [0.15, 0.2) is 18.2 Å². The number of halogens is 2. The van der Waals surface area contributed by atoms with Gasteiger partial charge < -0.3 is 5.32 Å². The number of hydrogen-bond acceptors (Lipinski definition) is 4. The summed E-state index contributed by atoms with van der Waals surface area (Å²) in [6.07, 6.45) is 1.84. The number of nitrogens with one attached hydrogen (secondary N) is 1. The van der Waals surface area contributed by atoms with E-state index in [1.54, 1.807) is 18.2 Å². The smallest absolute Gasteiger partial charge is 0.334 e. The van der Waals surface area contributed by atoms with Crippen LogP contribution in [0.4, 0.5) is 4.79 Å². The average Bonchev–Trinajstić information content (AvgIpc) is 2.79. The number of amides is 5. The van der Waals surface area contributed by atoms with E-state index in [0.717, 1.165) is 16.9 Å². The van der Waals surface area contributed by atoms with Crippen molar-refractivity contribution in [2.75, 3.05) is 19.6 Å². The van der Waals surface area contributed by atoms with Crippen molar-refractivity contribution in [3.05, 3.63) is 33.8 Å². The zero-order valence-electron chi connectivity index (χ0n) is 14.3. The molecule has 0 radical (unpaired) electrons. The van der Waals surface area contributed by atoms with E-state index in [0.29, 0.717) is 27.8 Å². The number of rotatable bonds is 8. The molecule has 1 fully saturated rings. The van der Waals surface area contributed by atoms with Crippen LogP contribution < -0.4 is 5.32 Å². The van der Waals surface area contributed by atoms with Crippen LogP contribution in [0.2, 0.25) is 10.0 Å². The Bertz CT molecular complexity index is 739. The van der Waals surface area contributed by atoms with Gasteiger partial charge in [-0.15, -0.1) is 0 Å². The Labute approximate surface area is 161 Å². The SMILES string of the molecule is CCCCN1C(=O)C(=O)N(CC(=O)NCCc2ccc(Cl)cc2Cl)C1=O. The molecule has 0 aromatic heterocycles. The van der Waals surface area contributed by atoms with Crippen LogP contribution in [0.25, 0.3) is 0 Å².